The number of methoxy groups -OCH3 is 1. The Bertz CT molecular complexity index is 1080. The summed E-state index contributed by atoms with van der Waals surface area (Å²) in [5.41, 5.74) is 1.31. The average Bonchev–Trinajstić information content (AvgIpc) is 3.23. The molecule has 36 heavy (non-hydrogen) atoms. The highest BCUT2D eigenvalue weighted by Crippen LogP contribution is 2.49. The van der Waals surface area contributed by atoms with Crippen molar-refractivity contribution in [3.8, 4) is 0 Å². The second kappa shape index (κ2) is 10.2. The van der Waals surface area contributed by atoms with E-state index in [1.54, 1.807) is 13.1 Å². The van der Waals surface area contributed by atoms with Crippen molar-refractivity contribution in [2.45, 2.75) is 58.0 Å². The lowest BCUT2D eigenvalue weighted by molar-refractivity contribution is -0.219. The smallest absolute Gasteiger partial charge is 0.412 e. The van der Waals surface area contributed by atoms with Crippen LogP contribution in [0, 0.1) is 23.7 Å². The Hall–Kier alpha value is -2.90. The first-order chi connectivity index (χ1) is 17.1. The van der Waals surface area contributed by atoms with Crippen LogP contribution in [0.2, 0.25) is 0 Å². The second-order valence-corrected chi connectivity index (χ2v) is 10.5. The first-order valence-electron chi connectivity index (χ1n) is 12.7. The number of ether oxygens (including phenoxy) is 3. The third-order valence-corrected chi connectivity index (χ3v) is 8.00. The molecule has 0 saturated heterocycles. The molecule has 7 nitrogen and oxygen atoms in total. The molecular weight excluding hydrogens is 456 g/mol. The predicted octanol–water partition coefficient (Wildman–Crippen LogP) is 5.22. The molecule has 0 fully saturated rings. The Labute approximate surface area is 214 Å². The molecule has 2 amide bonds. The summed E-state index contributed by atoms with van der Waals surface area (Å²) in [6.07, 6.45) is 8.29. The molecule has 2 N–H and O–H groups in total. The van der Waals surface area contributed by atoms with Gasteiger partial charge in [0.1, 0.15) is 11.7 Å². The molecule has 1 aliphatic carbocycles. The molecule has 0 saturated carbocycles. The summed E-state index contributed by atoms with van der Waals surface area (Å²) >= 11 is 0. The Balaban J connectivity index is 1.78. The average molecular weight is 495 g/mol. The number of likely N-dealkylation sites (N-methyl/N-ethyl adjacent to an activating group) is 1. The van der Waals surface area contributed by atoms with Gasteiger partial charge in [0.15, 0.2) is 0 Å². The zero-order valence-electron chi connectivity index (χ0n) is 22.0. The third-order valence-electron chi connectivity index (χ3n) is 8.00. The zero-order valence-corrected chi connectivity index (χ0v) is 22.0. The van der Waals surface area contributed by atoms with Crippen molar-refractivity contribution in [1.82, 2.24) is 5.32 Å². The summed E-state index contributed by atoms with van der Waals surface area (Å²) in [4.78, 5) is 26.2. The SMILES string of the molecule is CNC(=O)/C1=C/[C@@H]2[C@@H](C(C)C)CC=C(C)[C@@H]2C[C@H](OC(=O)Nc2ccccc2)[C@]2(C)C=C[C@@]1(OC)O2. The maximum Gasteiger partial charge on any atom is 0.412 e. The van der Waals surface area contributed by atoms with Gasteiger partial charge >= 0.3 is 6.09 Å². The summed E-state index contributed by atoms with van der Waals surface area (Å²) in [7, 11) is 3.15. The molecule has 1 aromatic carbocycles. The molecule has 2 aliphatic heterocycles. The monoisotopic (exact) mass is 494 g/mol. The standard InChI is InChI=1S/C29H38N2O5/c1-18(2)21-13-12-19(3)22-17-25(35-27(33)31-20-10-8-7-9-11-20)28(4)14-15-29(34-6,36-28)24(16-23(21)22)26(32)30-5/h7-12,14-16,18,21-23,25H,13,17H2,1-6H3,(H,30,32)(H,31,33)/b24-16-/t21-,22+,23-,25+,28+,29-/m1/s1. The van der Waals surface area contributed by atoms with Gasteiger partial charge in [0.25, 0.3) is 5.91 Å². The molecule has 2 bridgehead atoms. The number of carbonyl (C=O) groups is 2. The molecule has 3 aliphatic rings. The van der Waals surface area contributed by atoms with Gasteiger partial charge in [-0.2, -0.15) is 0 Å². The van der Waals surface area contributed by atoms with Crippen molar-refractivity contribution in [2.24, 2.45) is 23.7 Å². The third kappa shape index (κ3) is 4.87. The van der Waals surface area contributed by atoms with Crippen molar-refractivity contribution in [1.29, 1.82) is 0 Å². The Morgan fingerprint density at radius 3 is 2.53 bits per heavy atom. The van der Waals surface area contributed by atoms with E-state index in [1.807, 2.05) is 43.3 Å². The van der Waals surface area contributed by atoms with Gasteiger partial charge in [-0.3, -0.25) is 10.1 Å². The summed E-state index contributed by atoms with van der Waals surface area (Å²) in [5.74, 6) is -0.786. The van der Waals surface area contributed by atoms with E-state index in [9.17, 15) is 9.59 Å². The molecule has 0 unspecified atom stereocenters. The van der Waals surface area contributed by atoms with Gasteiger partial charge in [0.2, 0.25) is 5.79 Å². The fraction of sp³-hybridized carbons (Fsp3) is 0.517. The van der Waals surface area contributed by atoms with E-state index < -0.39 is 23.6 Å². The highest BCUT2D eigenvalue weighted by atomic mass is 16.7. The Morgan fingerprint density at radius 2 is 1.89 bits per heavy atom. The molecule has 194 valence electrons. The summed E-state index contributed by atoms with van der Waals surface area (Å²) in [6.45, 7) is 8.44. The molecule has 1 aromatic rings. The maximum atomic E-state index is 13.2. The first-order valence-corrected chi connectivity index (χ1v) is 12.7. The van der Waals surface area contributed by atoms with Crippen molar-refractivity contribution < 1.29 is 23.8 Å². The van der Waals surface area contributed by atoms with Crippen molar-refractivity contribution in [3.05, 3.63) is 65.8 Å². The van der Waals surface area contributed by atoms with Crippen LogP contribution in [0.1, 0.15) is 40.5 Å². The van der Waals surface area contributed by atoms with E-state index in [-0.39, 0.29) is 17.7 Å². The van der Waals surface area contributed by atoms with Gasteiger partial charge in [0, 0.05) is 19.8 Å². The number of nitrogens with one attached hydrogen (secondary N) is 2. The van der Waals surface area contributed by atoms with Gasteiger partial charge in [-0.1, -0.05) is 49.8 Å². The van der Waals surface area contributed by atoms with Crippen molar-refractivity contribution >= 4 is 17.7 Å². The van der Waals surface area contributed by atoms with Crippen LogP contribution in [-0.2, 0) is 19.0 Å². The lowest BCUT2D eigenvalue weighted by Crippen LogP contribution is -2.49. The summed E-state index contributed by atoms with van der Waals surface area (Å²) in [6, 6.07) is 9.21. The quantitative estimate of drug-likeness (QED) is 0.548. The van der Waals surface area contributed by atoms with Gasteiger partial charge in [0.05, 0.1) is 5.57 Å². The Morgan fingerprint density at radius 1 is 1.17 bits per heavy atom. The Kier molecular flexibility index (Phi) is 7.43. The molecule has 0 spiro atoms. The van der Waals surface area contributed by atoms with Gasteiger partial charge < -0.3 is 19.5 Å². The van der Waals surface area contributed by atoms with Gasteiger partial charge in [-0.25, -0.2) is 4.79 Å². The molecule has 4 rings (SSSR count). The molecule has 7 heteroatoms. The van der Waals surface area contributed by atoms with Crippen LogP contribution < -0.4 is 10.6 Å². The minimum Gasteiger partial charge on any atom is -0.443 e. The number of para-hydroxylation sites is 1. The zero-order chi connectivity index (χ0) is 26.1. The second-order valence-electron chi connectivity index (χ2n) is 10.5. The van der Waals surface area contributed by atoms with Gasteiger partial charge in [-0.05, 0) is 74.6 Å². The highest BCUT2D eigenvalue weighted by Gasteiger charge is 2.54. The topological polar surface area (TPSA) is 85.9 Å². The van der Waals surface area contributed by atoms with Crippen LogP contribution in [0.4, 0.5) is 10.5 Å². The van der Waals surface area contributed by atoms with E-state index in [4.69, 9.17) is 14.2 Å². The molecular formula is C29H38N2O5. The molecule has 2 heterocycles. The van der Waals surface area contributed by atoms with Crippen LogP contribution in [0.5, 0.6) is 0 Å². The van der Waals surface area contributed by atoms with Crippen molar-refractivity contribution in [3.63, 3.8) is 0 Å². The van der Waals surface area contributed by atoms with Crippen LogP contribution in [0.15, 0.2) is 65.8 Å². The van der Waals surface area contributed by atoms with Gasteiger partial charge in [-0.15, -0.1) is 0 Å². The number of benzene rings is 1. The maximum absolute atomic E-state index is 13.2. The minimum absolute atomic E-state index is 0.0533. The number of anilines is 1. The summed E-state index contributed by atoms with van der Waals surface area (Å²) < 4.78 is 18.6. The predicted molar refractivity (Wildman–Crippen MR) is 139 cm³/mol. The van der Waals surface area contributed by atoms with E-state index in [1.165, 1.54) is 12.7 Å². The number of rotatable bonds is 5. The number of amides is 2. The lowest BCUT2D eigenvalue weighted by atomic mass is 9.65. The largest absolute Gasteiger partial charge is 0.443 e. The van der Waals surface area contributed by atoms with Crippen molar-refractivity contribution in [2.75, 3.05) is 19.5 Å². The van der Waals surface area contributed by atoms with E-state index in [0.717, 1.165) is 6.42 Å². The molecule has 0 radical (unpaired) electrons. The summed E-state index contributed by atoms with van der Waals surface area (Å²) in [5, 5.41) is 5.59. The lowest BCUT2D eigenvalue weighted by Gasteiger charge is -2.41. The molecule has 6 atom stereocenters. The highest BCUT2D eigenvalue weighted by molar-refractivity contribution is 5.95. The number of hydrogen-bond acceptors (Lipinski definition) is 5. The van der Waals surface area contributed by atoms with E-state index in [2.05, 4.69) is 43.6 Å². The van der Waals surface area contributed by atoms with E-state index in [0.29, 0.717) is 29.5 Å². The molecule has 0 aromatic heterocycles. The number of hydrogen-bond donors (Lipinski definition) is 2. The fourth-order valence-electron chi connectivity index (χ4n) is 5.84. The normalized spacial score (nSPS) is 34.9. The van der Waals surface area contributed by atoms with Crippen LogP contribution in [-0.4, -0.2) is 43.7 Å². The van der Waals surface area contributed by atoms with Crippen LogP contribution >= 0.6 is 0 Å². The van der Waals surface area contributed by atoms with Crippen LogP contribution in [0.3, 0.4) is 0 Å². The fourth-order valence-corrected chi connectivity index (χ4v) is 5.84. The first kappa shape index (κ1) is 26.2. The number of allylic oxidation sites excluding steroid dienone is 3. The van der Waals surface area contributed by atoms with E-state index >= 15 is 0 Å². The number of fused-ring (bicyclic) bond motifs is 3. The number of carbonyl (C=O) groups excluding carboxylic acids is 2. The minimum atomic E-state index is -1.38. The van der Waals surface area contributed by atoms with Crippen LogP contribution in [0.25, 0.3) is 0 Å².